The zero-order valence-corrected chi connectivity index (χ0v) is 13.6. The molecule has 0 aliphatic rings. The molecule has 0 aliphatic heterocycles. The van der Waals surface area contributed by atoms with Gasteiger partial charge in [-0.3, -0.25) is 0 Å². The first-order valence-corrected chi connectivity index (χ1v) is 7.56. The summed E-state index contributed by atoms with van der Waals surface area (Å²) in [6, 6.07) is 3.44. The van der Waals surface area contributed by atoms with Crippen LogP contribution in [-0.4, -0.2) is 10.2 Å². The molecule has 2 rings (SSSR count). The van der Waals surface area contributed by atoms with Gasteiger partial charge in [0.1, 0.15) is 16.9 Å². The van der Waals surface area contributed by atoms with Crippen molar-refractivity contribution in [2.75, 3.05) is 0 Å². The van der Waals surface area contributed by atoms with E-state index >= 15 is 0 Å². The largest absolute Gasteiger partial charge is 0.508 e. The summed E-state index contributed by atoms with van der Waals surface area (Å²) in [7, 11) is 0. The third-order valence-corrected chi connectivity index (χ3v) is 3.91. The monoisotopic (exact) mass is 299 g/mol. The normalized spacial score (nSPS) is 13.9. The van der Waals surface area contributed by atoms with E-state index in [-0.39, 0.29) is 11.5 Å². The molecule has 0 radical (unpaired) electrons. The maximum absolute atomic E-state index is 10.0. The molecule has 0 aliphatic carbocycles. The Morgan fingerprint density at radius 3 is 2.73 bits per heavy atom. The second-order valence-corrected chi connectivity index (χ2v) is 5.78. The van der Waals surface area contributed by atoms with Crippen molar-refractivity contribution in [3.8, 4) is 11.5 Å². The Balaban J connectivity index is 2.34. The van der Waals surface area contributed by atoms with E-state index in [4.69, 9.17) is 4.42 Å². The number of allylic oxidation sites excluding steroid dienone is 3. The molecule has 116 valence electrons. The summed E-state index contributed by atoms with van der Waals surface area (Å²) in [5, 5.41) is 21.2. The summed E-state index contributed by atoms with van der Waals surface area (Å²) < 4.78 is 5.54. The molecule has 0 bridgehead atoms. The fraction of sp³-hybridized carbons (Fsp3) is 0.316. The van der Waals surface area contributed by atoms with Gasteiger partial charge >= 0.3 is 12.0 Å². The minimum Gasteiger partial charge on any atom is -0.508 e. The molecule has 2 N–H and O–H groups in total. The molecule has 0 saturated heterocycles. The van der Waals surface area contributed by atoms with Gasteiger partial charge in [-0.05, 0) is 25.8 Å². The second kappa shape index (κ2) is 6.65. The predicted octanol–water partition coefficient (Wildman–Crippen LogP) is 5.44. The topological polar surface area (TPSA) is 51.8 Å². The van der Waals surface area contributed by atoms with Gasteiger partial charge in [0.05, 0.1) is 6.07 Å². The molecule has 0 fully saturated rings. The lowest BCUT2D eigenvalue weighted by Gasteiger charge is -2.03. The molecular weight excluding hydrogens is 276 g/mol. The van der Waals surface area contributed by atoms with Gasteiger partial charge in [-0.2, -0.15) is 0 Å². The predicted molar refractivity (Wildman–Crippen MR) is 90.9 cm³/mol. The van der Waals surface area contributed by atoms with Crippen LogP contribution in [0.15, 0.2) is 40.5 Å². The van der Waals surface area contributed by atoms with Crippen molar-refractivity contribution < 1.29 is 14.6 Å². The quantitative estimate of drug-likeness (QED) is 0.584. The van der Waals surface area contributed by atoms with Crippen LogP contribution in [-0.2, 0) is 0 Å². The molecule has 1 heterocycles. The van der Waals surface area contributed by atoms with E-state index in [1.807, 2.05) is 12.2 Å². The summed E-state index contributed by atoms with van der Waals surface area (Å²) in [6.07, 6.45) is 8.75. The molecule has 1 aromatic carbocycles. The van der Waals surface area contributed by atoms with E-state index in [1.165, 1.54) is 11.8 Å². The standard InChI is InChI=1S/C19H22O3/c1-5-12(2)8-13(3)6-7-16-9-15-10-18(20)14(4)19(21)17(15)11-22-16/h6-12H,5H2,1-4H3,(H-,20,21)/p+1/t12-/m0/s1. The smallest absolute Gasteiger partial charge is 0.353 e. The van der Waals surface area contributed by atoms with E-state index in [2.05, 4.69) is 26.8 Å². The molecule has 3 nitrogen and oxygen atoms in total. The van der Waals surface area contributed by atoms with Crippen molar-refractivity contribution in [3.05, 3.63) is 47.4 Å². The lowest BCUT2D eigenvalue weighted by atomic mass is 10.0. The van der Waals surface area contributed by atoms with Crippen LogP contribution in [0, 0.1) is 12.8 Å². The van der Waals surface area contributed by atoms with Gasteiger partial charge in [-0.15, -0.1) is 0 Å². The third-order valence-electron chi connectivity index (χ3n) is 3.91. The van der Waals surface area contributed by atoms with Gasteiger partial charge in [0.25, 0.3) is 0 Å². The van der Waals surface area contributed by atoms with Gasteiger partial charge in [-0.25, -0.2) is 4.42 Å². The highest BCUT2D eigenvalue weighted by atomic mass is 16.3. The van der Waals surface area contributed by atoms with Crippen molar-refractivity contribution >= 4 is 16.8 Å². The van der Waals surface area contributed by atoms with Gasteiger partial charge in [-0.1, -0.05) is 38.0 Å². The van der Waals surface area contributed by atoms with Crippen LogP contribution >= 0.6 is 0 Å². The SMILES string of the molecule is CC[C@H](C)C=C(C)C=Cc1cc2cc(O)c(C)c(O)c2c[o+]1. The molecule has 0 amide bonds. The molecule has 1 atom stereocenters. The minimum atomic E-state index is 0.0575. The first kappa shape index (κ1) is 16.1. The number of hydrogen-bond donors (Lipinski definition) is 2. The molecular formula is C19H23O3+. The van der Waals surface area contributed by atoms with Crippen molar-refractivity contribution in [1.29, 1.82) is 0 Å². The van der Waals surface area contributed by atoms with E-state index in [0.717, 1.165) is 11.8 Å². The highest BCUT2D eigenvalue weighted by Gasteiger charge is 2.14. The molecule has 22 heavy (non-hydrogen) atoms. The second-order valence-electron chi connectivity index (χ2n) is 5.78. The van der Waals surface area contributed by atoms with Crippen LogP contribution in [0.25, 0.3) is 16.8 Å². The first-order valence-electron chi connectivity index (χ1n) is 7.56. The van der Waals surface area contributed by atoms with Crippen molar-refractivity contribution in [2.45, 2.75) is 34.1 Å². The summed E-state index contributed by atoms with van der Waals surface area (Å²) in [5.41, 5.74) is 1.64. The molecule has 0 unspecified atom stereocenters. The third kappa shape index (κ3) is 3.48. The first-order chi connectivity index (χ1) is 10.4. The highest BCUT2D eigenvalue weighted by molar-refractivity contribution is 5.90. The number of benzene rings is 1. The lowest BCUT2D eigenvalue weighted by molar-refractivity contribution is 0.446. The van der Waals surface area contributed by atoms with Crippen molar-refractivity contribution in [3.63, 3.8) is 0 Å². The van der Waals surface area contributed by atoms with Crippen LogP contribution in [0.4, 0.5) is 0 Å². The van der Waals surface area contributed by atoms with Crippen LogP contribution in [0.5, 0.6) is 11.5 Å². The fourth-order valence-electron chi connectivity index (χ4n) is 2.27. The van der Waals surface area contributed by atoms with Gasteiger partial charge in [0.2, 0.25) is 0 Å². The van der Waals surface area contributed by atoms with Gasteiger partial charge < -0.3 is 10.2 Å². The Hall–Kier alpha value is -2.29. The van der Waals surface area contributed by atoms with Gasteiger partial charge in [0, 0.05) is 17.0 Å². The fourth-order valence-corrected chi connectivity index (χ4v) is 2.27. The van der Waals surface area contributed by atoms with E-state index in [0.29, 0.717) is 22.6 Å². The number of aromatic hydroxyl groups is 2. The summed E-state index contributed by atoms with van der Waals surface area (Å²) in [6.45, 7) is 8.08. The summed E-state index contributed by atoms with van der Waals surface area (Å²) >= 11 is 0. The van der Waals surface area contributed by atoms with E-state index in [9.17, 15) is 10.2 Å². The van der Waals surface area contributed by atoms with Crippen LogP contribution in [0.2, 0.25) is 0 Å². The summed E-state index contributed by atoms with van der Waals surface area (Å²) in [4.78, 5) is 0. The average molecular weight is 299 g/mol. The Morgan fingerprint density at radius 1 is 1.32 bits per heavy atom. The number of hydrogen-bond acceptors (Lipinski definition) is 2. The van der Waals surface area contributed by atoms with Crippen LogP contribution in [0.3, 0.4) is 0 Å². The van der Waals surface area contributed by atoms with E-state index < -0.39 is 0 Å². The molecule has 3 heteroatoms. The zero-order chi connectivity index (χ0) is 16.3. The number of fused-ring (bicyclic) bond motifs is 1. The van der Waals surface area contributed by atoms with Gasteiger partial charge in [0.15, 0.2) is 0 Å². The minimum absolute atomic E-state index is 0.0575. The number of phenolic OH excluding ortho intramolecular Hbond substituents is 2. The molecule has 0 spiro atoms. The molecule has 2 aromatic rings. The summed E-state index contributed by atoms with van der Waals surface area (Å²) in [5.74, 6) is 1.36. The molecule has 1 aromatic heterocycles. The average Bonchev–Trinajstić information content (AvgIpc) is 2.50. The number of phenols is 2. The Bertz CT molecular complexity index is 742. The van der Waals surface area contributed by atoms with Crippen LogP contribution in [0.1, 0.15) is 38.5 Å². The molecule has 0 saturated carbocycles. The Morgan fingerprint density at radius 2 is 2.05 bits per heavy atom. The highest BCUT2D eigenvalue weighted by Crippen LogP contribution is 2.35. The Kier molecular flexibility index (Phi) is 4.86. The maximum atomic E-state index is 10.0. The zero-order valence-electron chi connectivity index (χ0n) is 13.6. The van der Waals surface area contributed by atoms with Crippen LogP contribution < -0.4 is 0 Å². The van der Waals surface area contributed by atoms with Crippen molar-refractivity contribution in [2.24, 2.45) is 5.92 Å². The Labute approximate surface area is 131 Å². The van der Waals surface area contributed by atoms with Crippen molar-refractivity contribution in [1.82, 2.24) is 0 Å². The van der Waals surface area contributed by atoms with E-state index in [1.54, 1.807) is 19.1 Å². The maximum Gasteiger partial charge on any atom is 0.353 e. The lowest BCUT2D eigenvalue weighted by Crippen LogP contribution is -1.86. The number of rotatable bonds is 4.